The van der Waals surface area contributed by atoms with Crippen molar-refractivity contribution in [2.75, 3.05) is 52.2 Å². The van der Waals surface area contributed by atoms with Crippen LogP contribution in [0.3, 0.4) is 0 Å². The molecule has 2 aromatic carbocycles. The van der Waals surface area contributed by atoms with Crippen molar-refractivity contribution in [3.8, 4) is 22.4 Å². The third-order valence-corrected chi connectivity index (χ3v) is 6.42. The summed E-state index contributed by atoms with van der Waals surface area (Å²) in [6.45, 7) is 5.50. The van der Waals surface area contributed by atoms with Crippen molar-refractivity contribution in [3.63, 3.8) is 0 Å². The molecule has 3 heterocycles. The quantitative estimate of drug-likeness (QED) is 0.427. The highest BCUT2D eigenvalue weighted by Crippen LogP contribution is 2.31. The van der Waals surface area contributed by atoms with Crippen LogP contribution in [-0.2, 0) is 0 Å². The molecular formula is C27H30N8O. The molecule has 1 N–H and O–H groups in total. The summed E-state index contributed by atoms with van der Waals surface area (Å²) in [5.74, 6) is 0.533. The lowest BCUT2D eigenvalue weighted by molar-refractivity contribution is 0.150. The highest BCUT2D eigenvalue weighted by molar-refractivity contribution is 5.94. The number of rotatable bonds is 5. The maximum absolute atomic E-state index is 12.9. The summed E-state index contributed by atoms with van der Waals surface area (Å²) >= 11 is 0. The fourth-order valence-corrected chi connectivity index (χ4v) is 4.26. The van der Waals surface area contributed by atoms with Crippen molar-refractivity contribution < 1.29 is 0 Å². The molecule has 0 amide bonds. The number of hydrogen-bond acceptors (Lipinski definition) is 7. The topological polar surface area (TPSA) is 93.1 Å². The number of aryl methyl sites for hydroxylation is 1. The first kappa shape index (κ1) is 23.6. The summed E-state index contributed by atoms with van der Waals surface area (Å²) in [7, 11) is 6.12. The SMILES string of the molecule is Cc1nc2nc(-c3ccc(N=NN4CCN(C)CC4)cc3)cc(-c3ccc(N(C)C)cc3)c2c(=O)[nH]1. The molecule has 5 rings (SSSR count). The van der Waals surface area contributed by atoms with Crippen LogP contribution in [0.4, 0.5) is 11.4 Å². The standard InChI is InChI=1S/C27H30N8O/c1-18-28-26-25(27(36)29-18)23(19-7-11-22(12-8-19)33(2)3)17-24(30-26)20-5-9-21(10-6-20)31-32-35-15-13-34(4)14-16-35/h5-12,17H,13-16H2,1-4H3,(H,28,29,30,36). The molecule has 9 nitrogen and oxygen atoms in total. The van der Waals surface area contributed by atoms with E-state index in [0.717, 1.165) is 59.9 Å². The van der Waals surface area contributed by atoms with Gasteiger partial charge in [-0.1, -0.05) is 29.5 Å². The summed E-state index contributed by atoms with van der Waals surface area (Å²) in [5, 5.41) is 11.3. The minimum absolute atomic E-state index is 0.192. The van der Waals surface area contributed by atoms with Gasteiger partial charge in [0.05, 0.1) is 29.9 Å². The van der Waals surface area contributed by atoms with E-state index in [1.54, 1.807) is 6.92 Å². The number of hydrogen-bond donors (Lipinski definition) is 1. The molecule has 0 unspecified atom stereocenters. The first-order chi connectivity index (χ1) is 17.4. The molecule has 0 spiro atoms. The van der Waals surface area contributed by atoms with E-state index in [0.29, 0.717) is 16.9 Å². The van der Waals surface area contributed by atoms with Crippen LogP contribution >= 0.6 is 0 Å². The monoisotopic (exact) mass is 482 g/mol. The predicted molar refractivity (Wildman–Crippen MR) is 144 cm³/mol. The molecule has 1 saturated heterocycles. The number of H-pyrrole nitrogens is 1. The van der Waals surface area contributed by atoms with Gasteiger partial charge in [-0.15, -0.1) is 5.11 Å². The average molecular weight is 483 g/mol. The Morgan fingerprint density at radius 3 is 2.25 bits per heavy atom. The van der Waals surface area contributed by atoms with Gasteiger partial charge in [0, 0.05) is 44.0 Å². The summed E-state index contributed by atoms with van der Waals surface area (Å²) in [6.07, 6.45) is 0. The highest BCUT2D eigenvalue weighted by atomic mass is 16.1. The second-order valence-electron chi connectivity index (χ2n) is 9.34. The van der Waals surface area contributed by atoms with Gasteiger partial charge in [0.25, 0.3) is 5.56 Å². The zero-order valence-corrected chi connectivity index (χ0v) is 21.1. The average Bonchev–Trinajstić information content (AvgIpc) is 2.88. The molecule has 0 bridgehead atoms. The maximum Gasteiger partial charge on any atom is 0.261 e. The van der Waals surface area contributed by atoms with E-state index in [9.17, 15) is 4.79 Å². The van der Waals surface area contributed by atoms with Gasteiger partial charge in [0.1, 0.15) is 5.82 Å². The Morgan fingerprint density at radius 2 is 1.58 bits per heavy atom. The largest absolute Gasteiger partial charge is 0.378 e. The molecule has 0 radical (unpaired) electrons. The first-order valence-electron chi connectivity index (χ1n) is 12.0. The second kappa shape index (κ2) is 9.87. The van der Waals surface area contributed by atoms with E-state index in [1.807, 2.05) is 78.6 Å². The van der Waals surface area contributed by atoms with Gasteiger partial charge in [-0.05, 0) is 49.9 Å². The molecule has 4 aromatic rings. The van der Waals surface area contributed by atoms with E-state index in [4.69, 9.17) is 4.98 Å². The van der Waals surface area contributed by atoms with Gasteiger partial charge in [0.15, 0.2) is 5.65 Å². The second-order valence-corrected chi connectivity index (χ2v) is 9.34. The van der Waals surface area contributed by atoms with Gasteiger partial charge in [-0.25, -0.2) is 9.97 Å². The summed E-state index contributed by atoms with van der Waals surface area (Å²) in [5.41, 5.74) is 5.50. The number of likely N-dealkylation sites (N-methyl/N-ethyl adjacent to an activating group) is 1. The number of piperazine rings is 1. The maximum atomic E-state index is 12.9. The zero-order valence-electron chi connectivity index (χ0n) is 21.1. The van der Waals surface area contributed by atoms with E-state index in [2.05, 4.69) is 32.3 Å². The Hall–Kier alpha value is -4.11. The molecule has 36 heavy (non-hydrogen) atoms. The summed E-state index contributed by atoms with van der Waals surface area (Å²) < 4.78 is 0. The molecule has 1 aliphatic heterocycles. The van der Waals surface area contributed by atoms with Crippen LogP contribution in [0.25, 0.3) is 33.4 Å². The normalized spacial score (nSPS) is 14.6. The van der Waals surface area contributed by atoms with Crippen LogP contribution < -0.4 is 10.5 Å². The van der Waals surface area contributed by atoms with Gasteiger partial charge in [0.2, 0.25) is 0 Å². The Kier molecular flexibility index (Phi) is 6.47. The van der Waals surface area contributed by atoms with E-state index in [1.165, 1.54) is 0 Å². The van der Waals surface area contributed by atoms with Crippen LogP contribution in [0.5, 0.6) is 0 Å². The molecule has 0 atom stereocenters. The molecule has 184 valence electrons. The highest BCUT2D eigenvalue weighted by Gasteiger charge is 2.15. The van der Waals surface area contributed by atoms with Gasteiger partial charge < -0.3 is 14.8 Å². The third-order valence-electron chi connectivity index (χ3n) is 6.42. The van der Waals surface area contributed by atoms with Crippen molar-refractivity contribution in [3.05, 3.63) is 70.8 Å². The fraction of sp³-hybridized carbons (Fsp3) is 0.296. The smallest absolute Gasteiger partial charge is 0.261 e. The van der Waals surface area contributed by atoms with Crippen LogP contribution in [-0.4, -0.2) is 72.2 Å². The van der Waals surface area contributed by atoms with Crippen LogP contribution in [0.2, 0.25) is 0 Å². The lowest BCUT2D eigenvalue weighted by atomic mass is 9.99. The Morgan fingerprint density at radius 1 is 0.917 bits per heavy atom. The van der Waals surface area contributed by atoms with Gasteiger partial charge >= 0.3 is 0 Å². The molecule has 0 saturated carbocycles. The molecule has 9 heteroatoms. The number of anilines is 1. The van der Waals surface area contributed by atoms with Crippen molar-refractivity contribution in [1.29, 1.82) is 0 Å². The number of aromatic amines is 1. The van der Waals surface area contributed by atoms with Gasteiger partial charge in [-0.3, -0.25) is 9.80 Å². The zero-order chi connectivity index (χ0) is 25.2. The van der Waals surface area contributed by atoms with E-state index < -0.39 is 0 Å². The van der Waals surface area contributed by atoms with E-state index in [-0.39, 0.29) is 5.56 Å². The predicted octanol–water partition coefficient (Wildman–Crippen LogP) is 4.27. The van der Waals surface area contributed by atoms with Crippen LogP contribution in [0, 0.1) is 6.92 Å². The number of nitrogens with zero attached hydrogens (tertiary/aromatic N) is 7. The van der Waals surface area contributed by atoms with Crippen molar-refractivity contribution >= 4 is 22.4 Å². The lowest BCUT2D eigenvalue weighted by Gasteiger charge is -2.29. The van der Waals surface area contributed by atoms with Crippen molar-refractivity contribution in [2.24, 2.45) is 10.3 Å². The number of pyridine rings is 1. The number of nitrogens with one attached hydrogen (secondary N) is 1. The fourth-order valence-electron chi connectivity index (χ4n) is 4.26. The minimum atomic E-state index is -0.192. The summed E-state index contributed by atoms with van der Waals surface area (Å²) in [6, 6.07) is 17.9. The number of fused-ring (bicyclic) bond motifs is 1. The van der Waals surface area contributed by atoms with Crippen molar-refractivity contribution in [1.82, 2.24) is 24.9 Å². The number of aromatic nitrogens is 3. The molecule has 2 aromatic heterocycles. The Labute approximate surface area is 210 Å². The van der Waals surface area contributed by atoms with E-state index >= 15 is 0 Å². The van der Waals surface area contributed by atoms with Crippen molar-refractivity contribution in [2.45, 2.75) is 6.92 Å². The molecular weight excluding hydrogens is 452 g/mol. The Bertz CT molecular complexity index is 1450. The number of benzene rings is 2. The minimum Gasteiger partial charge on any atom is -0.378 e. The van der Waals surface area contributed by atoms with Gasteiger partial charge in [-0.2, -0.15) is 0 Å². The molecule has 1 fully saturated rings. The first-order valence-corrected chi connectivity index (χ1v) is 12.0. The Balaban J connectivity index is 1.51. The molecule has 1 aliphatic rings. The summed E-state index contributed by atoms with van der Waals surface area (Å²) in [4.78, 5) is 29.3. The van der Waals surface area contributed by atoms with Crippen LogP contribution in [0.1, 0.15) is 5.82 Å². The lowest BCUT2D eigenvalue weighted by Crippen LogP contribution is -2.41. The third kappa shape index (κ3) is 4.96. The molecule has 0 aliphatic carbocycles. The van der Waals surface area contributed by atoms with Crippen LogP contribution in [0.15, 0.2) is 69.7 Å².